The van der Waals surface area contributed by atoms with Crippen LogP contribution in [0.15, 0.2) is 46.9 Å². The molecule has 0 radical (unpaired) electrons. The van der Waals surface area contributed by atoms with Gasteiger partial charge in [-0.1, -0.05) is 35.0 Å². The van der Waals surface area contributed by atoms with Gasteiger partial charge in [0.1, 0.15) is 0 Å². The molecule has 2 aromatic rings. The summed E-state index contributed by atoms with van der Waals surface area (Å²) in [7, 11) is 0. The summed E-state index contributed by atoms with van der Waals surface area (Å²) in [6, 6.07) is 13.6. The third kappa shape index (κ3) is 3.61. The number of carbonyl (C=O) groups excluding carboxylic acids is 1. The van der Waals surface area contributed by atoms with E-state index in [1.165, 1.54) is 5.56 Å². The first-order valence-electron chi connectivity index (χ1n) is 6.51. The molecule has 0 atom stereocenters. The molecule has 2 aromatic carbocycles. The van der Waals surface area contributed by atoms with Gasteiger partial charge < -0.3 is 11.1 Å². The zero-order chi connectivity index (χ0) is 14.5. The fraction of sp³-hybridized carbons (Fsp3) is 0.188. The van der Waals surface area contributed by atoms with Crippen LogP contribution in [0.1, 0.15) is 28.4 Å². The number of hydrogen-bond acceptors (Lipinski definition) is 2. The molecule has 0 aliphatic heterocycles. The molecule has 3 nitrogen and oxygen atoms in total. The highest BCUT2D eigenvalue weighted by atomic mass is 79.9. The lowest BCUT2D eigenvalue weighted by atomic mass is 10.1. The number of anilines is 1. The van der Waals surface area contributed by atoms with Crippen LogP contribution >= 0.6 is 15.9 Å². The van der Waals surface area contributed by atoms with E-state index in [-0.39, 0.29) is 0 Å². The van der Waals surface area contributed by atoms with E-state index in [9.17, 15) is 4.79 Å². The molecule has 0 fully saturated rings. The number of hydrogen-bond donors (Lipinski definition) is 2. The molecule has 0 bridgehead atoms. The van der Waals surface area contributed by atoms with Gasteiger partial charge in [-0.2, -0.15) is 0 Å². The van der Waals surface area contributed by atoms with Gasteiger partial charge in [-0.05, 0) is 47.9 Å². The largest absolute Gasteiger partial charge is 0.381 e. The van der Waals surface area contributed by atoms with Crippen LogP contribution in [0.4, 0.5) is 5.69 Å². The Morgan fingerprint density at radius 3 is 2.50 bits per heavy atom. The van der Waals surface area contributed by atoms with Crippen molar-refractivity contribution in [2.24, 2.45) is 5.73 Å². The monoisotopic (exact) mass is 332 g/mol. The molecule has 3 N–H and O–H groups in total. The average molecular weight is 333 g/mol. The second kappa shape index (κ2) is 6.57. The summed E-state index contributed by atoms with van der Waals surface area (Å²) in [5.74, 6) is -0.398. The SMILES string of the molecule is CCc1cc(Br)ccc1NCc1ccc(C(N)=O)cc1. The number of benzene rings is 2. The topological polar surface area (TPSA) is 55.1 Å². The smallest absolute Gasteiger partial charge is 0.248 e. The predicted molar refractivity (Wildman–Crippen MR) is 85.8 cm³/mol. The van der Waals surface area contributed by atoms with Gasteiger partial charge in [-0.3, -0.25) is 4.79 Å². The first kappa shape index (κ1) is 14.6. The van der Waals surface area contributed by atoms with Crippen LogP contribution in [0.2, 0.25) is 0 Å². The third-order valence-corrected chi connectivity index (χ3v) is 3.66. The van der Waals surface area contributed by atoms with Crippen molar-refractivity contribution >= 4 is 27.5 Å². The Hall–Kier alpha value is -1.81. The lowest BCUT2D eigenvalue weighted by molar-refractivity contribution is 0.100. The van der Waals surface area contributed by atoms with Crippen LogP contribution in [0.5, 0.6) is 0 Å². The number of halogens is 1. The first-order chi connectivity index (χ1) is 9.60. The second-order valence-corrected chi connectivity index (χ2v) is 5.49. The maximum absolute atomic E-state index is 11.0. The second-order valence-electron chi connectivity index (χ2n) is 4.57. The average Bonchev–Trinajstić information content (AvgIpc) is 2.46. The van der Waals surface area contributed by atoms with Crippen molar-refractivity contribution in [3.63, 3.8) is 0 Å². The van der Waals surface area contributed by atoms with E-state index in [0.29, 0.717) is 12.1 Å². The summed E-state index contributed by atoms with van der Waals surface area (Å²) in [5, 5.41) is 3.42. The van der Waals surface area contributed by atoms with Crippen LogP contribution in [0.3, 0.4) is 0 Å². The highest BCUT2D eigenvalue weighted by Gasteiger charge is 2.03. The fourth-order valence-electron chi connectivity index (χ4n) is 2.01. The Bertz CT molecular complexity index is 608. The number of amides is 1. The highest BCUT2D eigenvalue weighted by Crippen LogP contribution is 2.22. The molecular formula is C16H17BrN2O. The van der Waals surface area contributed by atoms with Crippen molar-refractivity contribution in [1.82, 2.24) is 0 Å². The Morgan fingerprint density at radius 1 is 1.20 bits per heavy atom. The maximum Gasteiger partial charge on any atom is 0.248 e. The normalized spacial score (nSPS) is 10.3. The molecule has 0 saturated carbocycles. The quantitative estimate of drug-likeness (QED) is 0.876. The van der Waals surface area contributed by atoms with Crippen molar-refractivity contribution in [2.45, 2.75) is 19.9 Å². The van der Waals surface area contributed by atoms with E-state index in [1.54, 1.807) is 12.1 Å². The van der Waals surface area contributed by atoms with E-state index in [1.807, 2.05) is 18.2 Å². The third-order valence-electron chi connectivity index (χ3n) is 3.17. The van der Waals surface area contributed by atoms with Crippen molar-refractivity contribution < 1.29 is 4.79 Å². The summed E-state index contributed by atoms with van der Waals surface area (Å²) < 4.78 is 1.09. The first-order valence-corrected chi connectivity index (χ1v) is 7.30. The Balaban J connectivity index is 2.06. The molecule has 0 spiro atoms. The fourth-order valence-corrected chi connectivity index (χ4v) is 2.42. The summed E-state index contributed by atoms with van der Waals surface area (Å²) in [4.78, 5) is 11.0. The summed E-state index contributed by atoms with van der Waals surface area (Å²) >= 11 is 3.48. The maximum atomic E-state index is 11.0. The number of nitrogens with one attached hydrogen (secondary N) is 1. The molecule has 0 aliphatic rings. The number of nitrogens with two attached hydrogens (primary N) is 1. The summed E-state index contributed by atoms with van der Waals surface area (Å²) in [6.07, 6.45) is 0.975. The number of primary amides is 1. The van der Waals surface area contributed by atoms with Gasteiger partial charge in [0.2, 0.25) is 5.91 Å². The molecule has 1 amide bonds. The minimum atomic E-state index is -0.398. The molecule has 0 saturated heterocycles. The van der Waals surface area contributed by atoms with Gasteiger partial charge in [-0.15, -0.1) is 0 Å². The molecule has 0 unspecified atom stereocenters. The number of carbonyl (C=O) groups is 1. The Morgan fingerprint density at radius 2 is 1.90 bits per heavy atom. The van der Waals surface area contributed by atoms with Gasteiger partial charge >= 0.3 is 0 Å². The van der Waals surface area contributed by atoms with E-state index >= 15 is 0 Å². The van der Waals surface area contributed by atoms with Crippen LogP contribution in [0, 0.1) is 0 Å². The zero-order valence-electron chi connectivity index (χ0n) is 11.3. The van der Waals surface area contributed by atoms with Crippen LogP contribution in [-0.2, 0) is 13.0 Å². The Kier molecular flexibility index (Phi) is 4.79. The van der Waals surface area contributed by atoms with Gasteiger partial charge in [0, 0.05) is 22.3 Å². The van der Waals surface area contributed by atoms with Crippen molar-refractivity contribution in [1.29, 1.82) is 0 Å². The van der Waals surface area contributed by atoms with Gasteiger partial charge in [0.15, 0.2) is 0 Å². The van der Waals surface area contributed by atoms with Gasteiger partial charge in [-0.25, -0.2) is 0 Å². The molecule has 0 aliphatic carbocycles. The minimum absolute atomic E-state index is 0.398. The van der Waals surface area contributed by atoms with Crippen molar-refractivity contribution in [3.8, 4) is 0 Å². The zero-order valence-corrected chi connectivity index (χ0v) is 12.9. The van der Waals surface area contributed by atoms with E-state index < -0.39 is 5.91 Å². The molecule has 104 valence electrons. The van der Waals surface area contributed by atoms with Gasteiger partial charge in [0.05, 0.1) is 0 Å². The molecular weight excluding hydrogens is 316 g/mol. The van der Waals surface area contributed by atoms with E-state index in [0.717, 1.165) is 22.1 Å². The molecule has 2 rings (SSSR count). The number of aryl methyl sites for hydroxylation is 1. The van der Waals surface area contributed by atoms with Crippen LogP contribution < -0.4 is 11.1 Å². The molecule has 0 heterocycles. The minimum Gasteiger partial charge on any atom is -0.381 e. The molecule has 20 heavy (non-hydrogen) atoms. The van der Waals surface area contributed by atoms with E-state index in [2.05, 4.69) is 40.3 Å². The summed E-state index contributed by atoms with van der Waals surface area (Å²) in [5.41, 5.74) is 9.27. The highest BCUT2D eigenvalue weighted by molar-refractivity contribution is 9.10. The number of rotatable bonds is 5. The van der Waals surface area contributed by atoms with Crippen molar-refractivity contribution in [3.05, 3.63) is 63.6 Å². The summed E-state index contributed by atoms with van der Waals surface area (Å²) in [6.45, 7) is 2.85. The van der Waals surface area contributed by atoms with Gasteiger partial charge in [0.25, 0.3) is 0 Å². The molecule has 0 aromatic heterocycles. The lowest BCUT2D eigenvalue weighted by Crippen LogP contribution is -2.10. The van der Waals surface area contributed by atoms with Crippen LogP contribution in [0.25, 0.3) is 0 Å². The van der Waals surface area contributed by atoms with E-state index in [4.69, 9.17) is 5.73 Å². The van der Waals surface area contributed by atoms with Crippen LogP contribution in [-0.4, -0.2) is 5.91 Å². The predicted octanol–water partition coefficient (Wildman–Crippen LogP) is 3.72. The standard InChI is InChI=1S/C16H17BrN2O/c1-2-12-9-14(17)7-8-15(12)19-10-11-3-5-13(6-4-11)16(18)20/h3-9,19H,2,10H2,1H3,(H2,18,20). The van der Waals surface area contributed by atoms with Crippen molar-refractivity contribution in [2.75, 3.05) is 5.32 Å². The lowest BCUT2D eigenvalue weighted by Gasteiger charge is -2.11. The Labute approximate surface area is 127 Å². The molecule has 4 heteroatoms.